The molecule has 0 aliphatic carbocycles. The standard InChI is InChI=1S/C20H28N2O11.C12H21NO8.C7H7NO3.CH2Br2/c1-22-16-18(27)17(26)13(33-20(16)29)6-7-30-14(24)4-5-15(25)31-9-32-19(28)11-8-10(21)2-3-12(11)23;1-13-9-11(18)10(17)6(21-12(9)19)4-5-20-8(16)3-2-7(14)15;8-4-1-2-6(9)5(3-4)7(10)11;2-1-3/h2-3,8,13,16-18,20,22-23,26-27,29H,4-7,9,21H2,1H3;6,9-13,17-19H,2-5H2,1H3,(H,14,15);1-3,9H,8H2,(H,10,11);1H2/p+2/t13?,16?,17-,18+,20-;6?,9?,10-,11+,12-;;/m11../s1. The fourth-order valence-electron chi connectivity index (χ4n) is 6.01. The van der Waals surface area contributed by atoms with Crippen molar-refractivity contribution in [3.63, 3.8) is 0 Å². The largest absolute Gasteiger partial charge is 0.507 e. The first-order chi connectivity index (χ1) is 32.0. The van der Waals surface area contributed by atoms with Crippen LogP contribution in [-0.2, 0) is 47.6 Å². The average molecular weight is 1110 g/mol. The highest BCUT2D eigenvalue weighted by Gasteiger charge is 2.46. The van der Waals surface area contributed by atoms with Gasteiger partial charge in [0, 0.05) is 24.2 Å². The number of carboxylic acids is 2. The number of anilines is 2. The van der Waals surface area contributed by atoms with Gasteiger partial charge in [0.25, 0.3) is 0 Å². The molecule has 0 spiro atoms. The number of hydrogen-bond acceptors (Lipinski definition) is 22. The Balaban J connectivity index is 0.000000558. The van der Waals surface area contributed by atoms with Crippen molar-refractivity contribution in [3.8, 4) is 11.5 Å². The second-order valence-electron chi connectivity index (χ2n) is 14.4. The molecular weight excluding hydrogens is 1050 g/mol. The van der Waals surface area contributed by atoms with Gasteiger partial charge in [-0.15, -0.1) is 0 Å². The van der Waals surface area contributed by atoms with Gasteiger partial charge in [-0.05, 0) is 36.4 Å². The van der Waals surface area contributed by atoms with Crippen molar-refractivity contribution in [1.82, 2.24) is 0 Å². The summed E-state index contributed by atoms with van der Waals surface area (Å²) in [5.74, 6) is -6.05. The summed E-state index contributed by atoms with van der Waals surface area (Å²) >= 11 is 6.12. The van der Waals surface area contributed by atoms with Crippen molar-refractivity contribution in [2.24, 2.45) is 0 Å². The number of phenolic OH excluding ortho intramolecular Hbond substituents is 1. The normalized spacial score (nSPS) is 23.9. The van der Waals surface area contributed by atoms with Crippen LogP contribution in [0.4, 0.5) is 11.4 Å². The highest BCUT2D eigenvalue weighted by Crippen LogP contribution is 2.23. The lowest BCUT2D eigenvalue weighted by Crippen LogP contribution is -2.94. The van der Waals surface area contributed by atoms with E-state index >= 15 is 0 Å². The predicted molar refractivity (Wildman–Crippen MR) is 237 cm³/mol. The van der Waals surface area contributed by atoms with E-state index in [4.69, 9.17) is 55.2 Å². The van der Waals surface area contributed by atoms with Crippen LogP contribution >= 0.6 is 31.9 Å². The molecule has 0 saturated carbocycles. The number of rotatable bonds is 18. The zero-order valence-electron chi connectivity index (χ0n) is 36.7. The molecule has 2 saturated heterocycles. The Labute approximate surface area is 405 Å². The number of quaternary nitrogens is 2. The number of nitrogen functional groups attached to an aromatic ring is 2. The van der Waals surface area contributed by atoms with Crippen LogP contribution in [0.5, 0.6) is 11.5 Å². The summed E-state index contributed by atoms with van der Waals surface area (Å²) in [4.78, 5) is 67.1. The average Bonchev–Trinajstić information content (AvgIpc) is 3.28. The highest BCUT2D eigenvalue weighted by atomic mass is 79.9. The Morgan fingerprint density at radius 3 is 1.37 bits per heavy atom. The topological polar surface area (TPSA) is 445 Å². The molecule has 2 aliphatic heterocycles. The first-order valence-corrected chi connectivity index (χ1v) is 22.6. The van der Waals surface area contributed by atoms with Gasteiger partial charge in [0.2, 0.25) is 19.4 Å². The molecule has 2 aromatic carbocycles. The summed E-state index contributed by atoms with van der Waals surface area (Å²) < 4.78 is 30.5. The number of carbonyl (C=O) groups is 6. The molecule has 0 radical (unpaired) electrons. The van der Waals surface area contributed by atoms with E-state index in [-0.39, 0.29) is 80.1 Å². The Morgan fingerprint density at radius 2 is 0.985 bits per heavy atom. The fourth-order valence-corrected chi connectivity index (χ4v) is 6.01. The van der Waals surface area contributed by atoms with Crippen LogP contribution in [0.2, 0.25) is 0 Å². The van der Waals surface area contributed by atoms with E-state index in [0.29, 0.717) is 5.69 Å². The number of aliphatic carboxylic acids is 1. The minimum atomic E-state index is -1.29. The van der Waals surface area contributed by atoms with Gasteiger partial charge in [0.1, 0.15) is 47.0 Å². The number of nitrogens with two attached hydrogens (primary N) is 4. The van der Waals surface area contributed by atoms with Crippen molar-refractivity contribution in [2.45, 2.75) is 99.8 Å². The second kappa shape index (κ2) is 31.9. The first-order valence-electron chi connectivity index (χ1n) is 20.4. The van der Waals surface area contributed by atoms with E-state index in [2.05, 4.69) is 31.9 Å². The van der Waals surface area contributed by atoms with E-state index in [1.165, 1.54) is 41.7 Å². The number of aromatic hydroxyl groups is 2. The van der Waals surface area contributed by atoms with Gasteiger partial charge < -0.3 is 102 Å². The maximum Gasteiger partial charge on any atom is 0.344 e. The smallest absolute Gasteiger partial charge is 0.344 e. The zero-order chi connectivity index (χ0) is 51.7. The van der Waals surface area contributed by atoms with Gasteiger partial charge >= 0.3 is 35.8 Å². The van der Waals surface area contributed by atoms with E-state index in [0.717, 1.165) is 4.24 Å². The lowest BCUT2D eigenvalue weighted by molar-refractivity contribution is -0.694. The summed E-state index contributed by atoms with van der Waals surface area (Å²) in [6, 6.07) is 6.28. The van der Waals surface area contributed by atoms with Crippen molar-refractivity contribution >= 4 is 79.1 Å². The highest BCUT2D eigenvalue weighted by molar-refractivity contribution is 9.24. The van der Waals surface area contributed by atoms with Crippen molar-refractivity contribution in [3.05, 3.63) is 47.5 Å². The van der Waals surface area contributed by atoms with Crippen LogP contribution in [-0.4, -0.2) is 187 Å². The zero-order valence-corrected chi connectivity index (χ0v) is 39.9. The maximum absolute atomic E-state index is 11.8. The monoisotopic (exact) mass is 1110 g/mol. The van der Waals surface area contributed by atoms with Crippen LogP contribution in [0.3, 0.4) is 0 Å². The van der Waals surface area contributed by atoms with Gasteiger partial charge in [-0.2, -0.15) is 0 Å². The molecule has 68 heavy (non-hydrogen) atoms. The Morgan fingerprint density at radius 1 is 0.603 bits per heavy atom. The molecule has 4 rings (SSSR count). The third kappa shape index (κ3) is 21.5. The lowest BCUT2D eigenvalue weighted by atomic mass is 9.95. The third-order valence-electron chi connectivity index (χ3n) is 9.62. The van der Waals surface area contributed by atoms with Gasteiger partial charge in [0.15, 0.2) is 12.1 Å². The molecule has 2 aliphatic rings. The lowest BCUT2D eigenvalue weighted by Gasteiger charge is -2.38. The number of carbonyl (C=O) groups excluding carboxylic acids is 4. The number of halogens is 2. The third-order valence-corrected chi connectivity index (χ3v) is 9.62. The molecule has 18 N–H and O–H groups in total. The van der Waals surface area contributed by atoms with Crippen molar-refractivity contribution < 1.29 is 119 Å². The molecule has 0 bridgehead atoms. The molecule has 28 heteroatoms. The van der Waals surface area contributed by atoms with Gasteiger partial charge in [-0.1, -0.05) is 31.9 Å². The van der Waals surface area contributed by atoms with Crippen molar-refractivity contribution in [2.75, 3.05) is 49.8 Å². The van der Waals surface area contributed by atoms with Gasteiger partial charge in [0.05, 0.1) is 69.4 Å². The molecular formula is C40H60Br2N4O22+2. The van der Waals surface area contributed by atoms with Crippen LogP contribution in [0, 0.1) is 0 Å². The van der Waals surface area contributed by atoms with Gasteiger partial charge in [-0.25, -0.2) is 9.59 Å². The first kappa shape index (κ1) is 61.0. The molecule has 2 aromatic rings. The predicted octanol–water partition coefficient (Wildman–Crippen LogP) is -3.46. The van der Waals surface area contributed by atoms with Crippen molar-refractivity contribution in [1.29, 1.82) is 0 Å². The number of hydrogen-bond donors (Lipinski definition) is 14. The number of aromatic carboxylic acids is 1. The summed E-state index contributed by atoms with van der Waals surface area (Å²) in [7, 11) is 3.26. The number of phenols is 2. The number of benzene rings is 2. The molecule has 4 unspecified atom stereocenters. The van der Waals surface area contributed by atoms with Crippen LogP contribution < -0.4 is 22.1 Å². The SMILES string of the molecule is BrCBr.C[NH2+]C1[C@H](O)OC(CCOC(=O)CCC(=O)O)[C@@H](O)[C@H]1O.C[NH2+]C1[C@H](O)OC(CCOC(=O)CCC(=O)OCOC(=O)c2cc(N)ccc2O)[C@@H](O)[C@H]1O.Nc1ccc(O)c(C(=O)O)c1. The number of esters is 4. The Kier molecular flexibility index (Phi) is 28.7. The molecule has 26 nitrogen and oxygen atoms in total. The molecule has 384 valence electrons. The number of aliphatic hydroxyl groups is 6. The number of ether oxygens (including phenoxy) is 6. The summed E-state index contributed by atoms with van der Waals surface area (Å²) in [6.07, 6.45) is -10.2. The van der Waals surface area contributed by atoms with E-state index < -0.39 is 104 Å². The molecule has 2 heterocycles. The minimum absolute atomic E-state index is 0.0225. The number of likely N-dealkylation sites (N-methyl/N-ethyl adjacent to an activating group) is 2. The van der Waals surface area contributed by atoms with E-state index in [1.807, 2.05) is 0 Å². The van der Waals surface area contributed by atoms with E-state index in [1.54, 1.807) is 19.4 Å². The molecule has 2 fully saturated rings. The summed E-state index contributed by atoms with van der Waals surface area (Å²) in [6.45, 7) is -0.990. The summed E-state index contributed by atoms with van der Waals surface area (Å²) in [5.41, 5.74) is 11.0. The Bertz CT molecular complexity index is 1920. The van der Waals surface area contributed by atoms with E-state index in [9.17, 15) is 64.5 Å². The number of alkyl halides is 2. The molecule has 0 amide bonds. The minimum Gasteiger partial charge on any atom is -0.507 e. The molecule has 0 aromatic heterocycles. The maximum atomic E-state index is 11.8. The quantitative estimate of drug-likeness (QED) is 0.0172. The number of aliphatic hydroxyl groups excluding tert-OH is 6. The van der Waals surface area contributed by atoms with Gasteiger partial charge in [-0.3, -0.25) is 19.2 Å². The Hall–Kier alpha value is -4.98. The van der Waals surface area contributed by atoms with Crippen LogP contribution in [0.15, 0.2) is 36.4 Å². The summed E-state index contributed by atoms with van der Waals surface area (Å²) in [5, 5.41) is 97.8. The second-order valence-corrected chi connectivity index (χ2v) is 17.0. The fraction of sp³-hybridized carbons (Fsp3) is 0.550. The van der Waals surface area contributed by atoms with Crippen LogP contribution in [0.1, 0.15) is 59.2 Å². The number of carboxylic acid groups (broad SMARTS) is 2. The van der Waals surface area contributed by atoms with Crippen LogP contribution in [0.25, 0.3) is 0 Å². The molecule has 10 atom stereocenters.